The van der Waals surface area contributed by atoms with Gasteiger partial charge in [-0.1, -0.05) is 42.5 Å². The van der Waals surface area contributed by atoms with Crippen molar-refractivity contribution in [2.75, 3.05) is 31.6 Å². The number of fused-ring (bicyclic) bond motifs is 5. The fourth-order valence-electron chi connectivity index (χ4n) is 5.11. The molecule has 3 aromatic rings. The van der Waals surface area contributed by atoms with Gasteiger partial charge in [0.2, 0.25) is 0 Å². The van der Waals surface area contributed by atoms with Crippen molar-refractivity contribution >= 4 is 22.6 Å². The Morgan fingerprint density at radius 3 is 2.77 bits per heavy atom. The van der Waals surface area contributed by atoms with E-state index in [0.29, 0.717) is 18.4 Å². The van der Waals surface area contributed by atoms with Crippen molar-refractivity contribution in [3.8, 4) is 0 Å². The number of benzene rings is 2. The maximum Gasteiger partial charge on any atom is 0.411 e. The number of piperidine rings is 1. The molecule has 2 aliphatic heterocycles. The number of aromatic nitrogens is 1. The zero-order valence-corrected chi connectivity index (χ0v) is 17.5. The Hall–Kier alpha value is -3.12. The first-order valence-electron chi connectivity index (χ1n) is 11.0. The summed E-state index contributed by atoms with van der Waals surface area (Å²) in [6, 6.07) is 19.4. The van der Waals surface area contributed by atoms with Crippen LogP contribution in [0.5, 0.6) is 0 Å². The number of ether oxygens (including phenoxy) is 1. The van der Waals surface area contributed by atoms with Gasteiger partial charge in [-0.05, 0) is 36.3 Å². The standard InChI is InChI=1S/C25H27N3O3/c29-24-11-4-10-23-20-14-18(16-28(23)24)15-27(17-20)12-5-13-31-25(30)26-22-9-3-7-19-6-1-2-8-21(19)22/h1-4,6-11,18,20H,5,12-17H2,(H,26,30)/t18-,20+/m0/s1. The molecule has 6 heteroatoms. The van der Waals surface area contributed by atoms with Crippen LogP contribution in [0.25, 0.3) is 10.8 Å². The SMILES string of the molecule is O=C(Nc1cccc2ccccc12)OCCCN1C[C@@H]2C[C@H](C1)c1cccc(=O)n1C2. The van der Waals surface area contributed by atoms with Gasteiger partial charge in [0.25, 0.3) is 5.56 Å². The minimum Gasteiger partial charge on any atom is -0.449 e. The first-order chi connectivity index (χ1) is 15.2. The second kappa shape index (κ2) is 8.55. The highest BCUT2D eigenvalue weighted by molar-refractivity contribution is 6.00. The molecule has 1 fully saturated rings. The summed E-state index contributed by atoms with van der Waals surface area (Å²) in [5.41, 5.74) is 2.05. The third-order valence-electron chi connectivity index (χ3n) is 6.43. The third kappa shape index (κ3) is 4.21. The maximum absolute atomic E-state index is 12.3. The Labute approximate surface area is 181 Å². The van der Waals surface area contributed by atoms with Gasteiger partial charge in [0, 0.05) is 49.2 Å². The van der Waals surface area contributed by atoms with E-state index in [1.54, 1.807) is 6.07 Å². The van der Waals surface area contributed by atoms with Crippen LogP contribution in [0.3, 0.4) is 0 Å². The largest absolute Gasteiger partial charge is 0.449 e. The molecule has 160 valence electrons. The molecule has 31 heavy (non-hydrogen) atoms. The van der Waals surface area contributed by atoms with Gasteiger partial charge in [-0.15, -0.1) is 0 Å². The monoisotopic (exact) mass is 417 g/mol. The van der Waals surface area contributed by atoms with E-state index in [2.05, 4.69) is 16.3 Å². The van der Waals surface area contributed by atoms with Gasteiger partial charge in [-0.3, -0.25) is 10.1 Å². The van der Waals surface area contributed by atoms with Crippen molar-refractivity contribution in [1.29, 1.82) is 0 Å². The van der Waals surface area contributed by atoms with Crippen LogP contribution in [0.15, 0.2) is 65.5 Å². The number of carbonyl (C=O) groups is 1. The number of nitrogens with one attached hydrogen (secondary N) is 1. The third-order valence-corrected chi connectivity index (χ3v) is 6.43. The predicted octanol–water partition coefficient (Wildman–Crippen LogP) is 4.06. The van der Waals surface area contributed by atoms with Crippen LogP contribution in [-0.4, -0.2) is 41.8 Å². The van der Waals surface area contributed by atoms with E-state index in [9.17, 15) is 9.59 Å². The molecule has 0 unspecified atom stereocenters. The lowest BCUT2D eigenvalue weighted by Gasteiger charge is -2.42. The van der Waals surface area contributed by atoms with Crippen molar-refractivity contribution in [3.05, 3.63) is 76.7 Å². The fraction of sp³-hybridized carbons (Fsp3) is 0.360. The van der Waals surface area contributed by atoms with Gasteiger partial charge in [-0.2, -0.15) is 0 Å². The molecular formula is C25H27N3O3. The van der Waals surface area contributed by atoms with E-state index >= 15 is 0 Å². The van der Waals surface area contributed by atoms with Gasteiger partial charge >= 0.3 is 6.09 Å². The van der Waals surface area contributed by atoms with Crippen molar-refractivity contribution in [3.63, 3.8) is 0 Å². The van der Waals surface area contributed by atoms with Crippen LogP contribution in [0, 0.1) is 5.92 Å². The van der Waals surface area contributed by atoms with Crippen molar-refractivity contribution in [2.24, 2.45) is 5.92 Å². The van der Waals surface area contributed by atoms with Crippen LogP contribution in [0.4, 0.5) is 10.5 Å². The molecule has 1 amide bonds. The molecule has 2 aliphatic rings. The van der Waals surface area contributed by atoms with Gasteiger partial charge < -0.3 is 14.2 Å². The smallest absolute Gasteiger partial charge is 0.411 e. The van der Waals surface area contributed by atoms with Crippen LogP contribution in [0.2, 0.25) is 0 Å². The number of rotatable bonds is 5. The van der Waals surface area contributed by atoms with E-state index in [1.165, 1.54) is 5.69 Å². The lowest BCUT2D eigenvalue weighted by molar-refractivity contribution is 0.107. The summed E-state index contributed by atoms with van der Waals surface area (Å²) in [6.07, 6.45) is 1.54. The number of carbonyl (C=O) groups excluding carboxylic acids is 1. The van der Waals surface area contributed by atoms with Gasteiger partial charge in [0.15, 0.2) is 0 Å². The summed E-state index contributed by atoms with van der Waals surface area (Å²) in [4.78, 5) is 26.9. The van der Waals surface area contributed by atoms with Gasteiger partial charge in [-0.25, -0.2) is 4.79 Å². The molecule has 5 rings (SSSR count). The summed E-state index contributed by atoms with van der Waals surface area (Å²) in [5.74, 6) is 0.930. The van der Waals surface area contributed by atoms with Crippen LogP contribution in [-0.2, 0) is 11.3 Å². The molecule has 0 saturated carbocycles. The molecule has 0 aliphatic carbocycles. The molecule has 0 radical (unpaired) electrons. The molecule has 0 spiro atoms. The second-order valence-corrected chi connectivity index (χ2v) is 8.60. The topological polar surface area (TPSA) is 63.6 Å². The highest BCUT2D eigenvalue weighted by Gasteiger charge is 2.34. The number of amides is 1. The molecular weight excluding hydrogens is 390 g/mol. The zero-order chi connectivity index (χ0) is 21.2. The first-order valence-corrected chi connectivity index (χ1v) is 11.0. The Morgan fingerprint density at radius 1 is 1.00 bits per heavy atom. The minimum atomic E-state index is -0.417. The molecule has 2 atom stereocenters. The summed E-state index contributed by atoms with van der Waals surface area (Å²) in [5, 5.41) is 4.95. The first kappa shape index (κ1) is 19.8. The Bertz CT molecular complexity index is 1150. The number of hydrogen-bond acceptors (Lipinski definition) is 4. The van der Waals surface area contributed by atoms with Gasteiger partial charge in [0.05, 0.1) is 12.3 Å². The van der Waals surface area contributed by atoms with Crippen LogP contribution >= 0.6 is 0 Å². The van der Waals surface area contributed by atoms with Crippen LogP contribution in [0.1, 0.15) is 24.5 Å². The molecule has 2 bridgehead atoms. The van der Waals surface area contributed by atoms with E-state index in [0.717, 1.165) is 55.5 Å². The van der Waals surface area contributed by atoms with E-state index in [1.807, 2.05) is 53.1 Å². The number of pyridine rings is 1. The summed E-state index contributed by atoms with van der Waals surface area (Å²) in [7, 11) is 0. The van der Waals surface area contributed by atoms with Crippen molar-refractivity contribution < 1.29 is 9.53 Å². The molecule has 1 N–H and O–H groups in total. The highest BCUT2D eigenvalue weighted by Crippen LogP contribution is 2.34. The lowest BCUT2D eigenvalue weighted by atomic mass is 9.83. The number of likely N-dealkylation sites (tertiary alicyclic amines) is 1. The second-order valence-electron chi connectivity index (χ2n) is 8.60. The Kier molecular flexibility index (Phi) is 5.47. The maximum atomic E-state index is 12.3. The summed E-state index contributed by atoms with van der Waals surface area (Å²) in [6.45, 7) is 4.05. The number of nitrogens with zero attached hydrogens (tertiary/aromatic N) is 2. The van der Waals surface area contributed by atoms with Crippen molar-refractivity contribution in [1.82, 2.24) is 9.47 Å². The Morgan fingerprint density at radius 2 is 1.84 bits per heavy atom. The fourth-order valence-corrected chi connectivity index (χ4v) is 5.11. The highest BCUT2D eigenvalue weighted by atomic mass is 16.5. The number of hydrogen-bond donors (Lipinski definition) is 1. The number of anilines is 1. The molecule has 3 heterocycles. The molecule has 1 saturated heterocycles. The lowest BCUT2D eigenvalue weighted by Crippen LogP contribution is -2.47. The summed E-state index contributed by atoms with van der Waals surface area (Å²) < 4.78 is 7.39. The minimum absolute atomic E-state index is 0.117. The zero-order valence-electron chi connectivity index (χ0n) is 17.5. The summed E-state index contributed by atoms with van der Waals surface area (Å²) >= 11 is 0. The molecule has 6 nitrogen and oxygen atoms in total. The Balaban J connectivity index is 1.11. The van der Waals surface area contributed by atoms with E-state index in [-0.39, 0.29) is 5.56 Å². The van der Waals surface area contributed by atoms with Crippen LogP contribution < -0.4 is 10.9 Å². The van der Waals surface area contributed by atoms with Crippen molar-refractivity contribution in [2.45, 2.75) is 25.3 Å². The van der Waals surface area contributed by atoms with E-state index < -0.39 is 6.09 Å². The average molecular weight is 418 g/mol. The predicted molar refractivity (Wildman–Crippen MR) is 122 cm³/mol. The van der Waals surface area contributed by atoms with Gasteiger partial charge in [0.1, 0.15) is 0 Å². The molecule has 1 aromatic heterocycles. The normalized spacial score (nSPS) is 20.3. The molecule has 2 aromatic carbocycles. The average Bonchev–Trinajstić information content (AvgIpc) is 2.78. The van der Waals surface area contributed by atoms with E-state index in [4.69, 9.17) is 4.74 Å². The quantitative estimate of drug-likeness (QED) is 0.636.